The lowest BCUT2D eigenvalue weighted by atomic mass is 9.77. The summed E-state index contributed by atoms with van der Waals surface area (Å²) in [5.41, 5.74) is 6.42. The highest BCUT2D eigenvalue weighted by molar-refractivity contribution is 7.09. The Kier molecular flexibility index (Phi) is 3.95. The van der Waals surface area contributed by atoms with Crippen LogP contribution in [0.25, 0.3) is 0 Å². The highest BCUT2D eigenvalue weighted by Gasteiger charge is 2.30. The van der Waals surface area contributed by atoms with Gasteiger partial charge in [0.25, 0.3) is 0 Å². The van der Waals surface area contributed by atoms with Gasteiger partial charge in [0.1, 0.15) is 5.01 Å². The second-order valence-electron chi connectivity index (χ2n) is 5.09. The fourth-order valence-electron chi connectivity index (χ4n) is 2.62. The second-order valence-corrected chi connectivity index (χ2v) is 6.07. The molecule has 1 saturated carbocycles. The molecule has 0 aromatic carbocycles. The number of nitrogens with two attached hydrogens (primary N) is 1. The van der Waals surface area contributed by atoms with Gasteiger partial charge in [-0.25, -0.2) is 4.98 Å². The van der Waals surface area contributed by atoms with E-state index in [1.165, 1.54) is 12.8 Å². The standard InChI is InChI=1S/C12H21N3S/c1-10-3-2-4-12(13,7-10)9-14-8-11-15-5-6-16-11/h5-6,10,14H,2-4,7-9,13H2,1H3. The lowest BCUT2D eigenvalue weighted by molar-refractivity contribution is 0.229. The third-order valence-electron chi connectivity index (χ3n) is 3.36. The van der Waals surface area contributed by atoms with Gasteiger partial charge in [0.05, 0.1) is 0 Å². The van der Waals surface area contributed by atoms with Crippen LogP contribution in [-0.4, -0.2) is 17.1 Å². The Balaban J connectivity index is 1.76. The van der Waals surface area contributed by atoms with Crippen LogP contribution in [0.15, 0.2) is 11.6 Å². The zero-order valence-electron chi connectivity index (χ0n) is 9.91. The van der Waals surface area contributed by atoms with Crippen LogP contribution in [0.4, 0.5) is 0 Å². The molecule has 1 heterocycles. The van der Waals surface area contributed by atoms with Gasteiger partial charge in [-0.05, 0) is 18.8 Å². The predicted molar refractivity (Wildman–Crippen MR) is 68.4 cm³/mol. The first-order chi connectivity index (χ1) is 7.68. The Morgan fingerprint density at radius 3 is 3.25 bits per heavy atom. The van der Waals surface area contributed by atoms with Crippen molar-refractivity contribution < 1.29 is 0 Å². The van der Waals surface area contributed by atoms with Crippen LogP contribution in [0, 0.1) is 5.92 Å². The summed E-state index contributed by atoms with van der Waals surface area (Å²) in [7, 11) is 0. The van der Waals surface area contributed by atoms with E-state index in [2.05, 4.69) is 17.2 Å². The Morgan fingerprint density at radius 1 is 1.69 bits per heavy atom. The van der Waals surface area contributed by atoms with Crippen molar-refractivity contribution in [2.24, 2.45) is 11.7 Å². The van der Waals surface area contributed by atoms with Gasteiger partial charge in [0, 0.05) is 30.2 Å². The minimum atomic E-state index is 0.00886. The number of hydrogen-bond acceptors (Lipinski definition) is 4. The molecule has 0 aliphatic heterocycles. The van der Waals surface area contributed by atoms with E-state index in [9.17, 15) is 0 Å². The van der Waals surface area contributed by atoms with Crippen LogP contribution in [0.3, 0.4) is 0 Å². The van der Waals surface area contributed by atoms with Crippen molar-refractivity contribution in [2.75, 3.05) is 6.54 Å². The van der Waals surface area contributed by atoms with Crippen molar-refractivity contribution in [2.45, 2.75) is 44.7 Å². The van der Waals surface area contributed by atoms with E-state index in [1.54, 1.807) is 11.3 Å². The first-order valence-corrected chi connectivity index (χ1v) is 6.94. The van der Waals surface area contributed by atoms with E-state index in [0.29, 0.717) is 0 Å². The van der Waals surface area contributed by atoms with Gasteiger partial charge in [-0.2, -0.15) is 0 Å². The van der Waals surface area contributed by atoms with E-state index < -0.39 is 0 Å². The van der Waals surface area contributed by atoms with Crippen LogP contribution in [-0.2, 0) is 6.54 Å². The van der Waals surface area contributed by atoms with Crippen LogP contribution in [0.1, 0.15) is 37.6 Å². The summed E-state index contributed by atoms with van der Waals surface area (Å²) < 4.78 is 0. The Morgan fingerprint density at radius 2 is 2.56 bits per heavy atom. The lowest BCUT2D eigenvalue weighted by Crippen LogP contribution is -2.51. The van der Waals surface area contributed by atoms with Crippen molar-refractivity contribution >= 4 is 11.3 Å². The number of nitrogens with zero attached hydrogens (tertiary/aromatic N) is 1. The third-order valence-corrected chi connectivity index (χ3v) is 4.14. The molecule has 0 saturated heterocycles. The predicted octanol–water partition coefficient (Wildman–Crippen LogP) is 2.14. The van der Waals surface area contributed by atoms with E-state index in [-0.39, 0.29) is 5.54 Å². The molecule has 3 nitrogen and oxygen atoms in total. The fraction of sp³-hybridized carbons (Fsp3) is 0.750. The van der Waals surface area contributed by atoms with Crippen LogP contribution < -0.4 is 11.1 Å². The molecule has 1 fully saturated rings. The maximum Gasteiger partial charge on any atom is 0.106 e. The normalized spacial score (nSPS) is 30.5. The molecule has 4 heteroatoms. The second kappa shape index (κ2) is 5.25. The van der Waals surface area contributed by atoms with Crippen molar-refractivity contribution in [3.8, 4) is 0 Å². The molecular formula is C12H21N3S. The highest BCUT2D eigenvalue weighted by Crippen LogP contribution is 2.29. The molecule has 0 bridgehead atoms. The maximum absolute atomic E-state index is 6.41. The van der Waals surface area contributed by atoms with Gasteiger partial charge < -0.3 is 11.1 Å². The summed E-state index contributed by atoms with van der Waals surface area (Å²) in [5.74, 6) is 0.778. The van der Waals surface area contributed by atoms with Crippen LogP contribution in [0.2, 0.25) is 0 Å². The summed E-state index contributed by atoms with van der Waals surface area (Å²) in [6.45, 7) is 4.07. The van der Waals surface area contributed by atoms with Gasteiger partial charge in [-0.3, -0.25) is 0 Å². The summed E-state index contributed by atoms with van der Waals surface area (Å²) in [5, 5.41) is 6.60. The zero-order chi connectivity index (χ0) is 11.4. The summed E-state index contributed by atoms with van der Waals surface area (Å²) in [4.78, 5) is 4.25. The highest BCUT2D eigenvalue weighted by atomic mass is 32.1. The first-order valence-electron chi connectivity index (χ1n) is 6.06. The number of rotatable bonds is 4. The monoisotopic (exact) mass is 239 g/mol. The summed E-state index contributed by atoms with van der Waals surface area (Å²) in [6, 6.07) is 0. The van der Waals surface area contributed by atoms with Gasteiger partial charge in [-0.1, -0.05) is 19.8 Å². The topological polar surface area (TPSA) is 50.9 Å². The van der Waals surface area contributed by atoms with Gasteiger partial charge in [0.15, 0.2) is 0 Å². The summed E-state index contributed by atoms with van der Waals surface area (Å²) in [6.07, 6.45) is 6.77. The Hall–Kier alpha value is -0.450. The summed E-state index contributed by atoms with van der Waals surface area (Å²) >= 11 is 1.69. The van der Waals surface area contributed by atoms with Crippen molar-refractivity contribution in [3.63, 3.8) is 0 Å². The third kappa shape index (κ3) is 3.27. The van der Waals surface area contributed by atoms with Gasteiger partial charge >= 0.3 is 0 Å². The van der Waals surface area contributed by atoms with Crippen molar-refractivity contribution in [3.05, 3.63) is 16.6 Å². The molecule has 1 aliphatic carbocycles. The Labute approximate surface area is 101 Å². The molecule has 1 aromatic heterocycles. The fourth-order valence-corrected chi connectivity index (χ4v) is 3.21. The molecule has 2 rings (SSSR count). The van der Waals surface area contributed by atoms with E-state index in [4.69, 9.17) is 5.73 Å². The van der Waals surface area contributed by atoms with Gasteiger partial charge in [-0.15, -0.1) is 11.3 Å². The van der Waals surface area contributed by atoms with Gasteiger partial charge in [0.2, 0.25) is 0 Å². The molecule has 1 aromatic rings. The molecular weight excluding hydrogens is 218 g/mol. The molecule has 1 aliphatic rings. The van der Waals surface area contributed by atoms with Crippen molar-refractivity contribution in [1.82, 2.24) is 10.3 Å². The molecule has 90 valence electrons. The van der Waals surface area contributed by atoms with Crippen LogP contribution >= 0.6 is 11.3 Å². The average molecular weight is 239 g/mol. The zero-order valence-corrected chi connectivity index (χ0v) is 10.7. The van der Waals surface area contributed by atoms with E-state index in [1.807, 2.05) is 11.6 Å². The van der Waals surface area contributed by atoms with E-state index >= 15 is 0 Å². The largest absolute Gasteiger partial charge is 0.324 e. The quantitative estimate of drug-likeness (QED) is 0.846. The molecule has 2 atom stereocenters. The molecule has 3 N–H and O–H groups in total. The SMILES string of the molecule is CC1CCCC(N)(CNCc2nccs2)C1. The van der Waals surface area contributed by atoms with Crippen molar-refractivity contribution in [1.29, 1.82) is 0 Å². The number of hydrogen-bond donors (Lipinski definition) is 2. The number of nitrogens with one attached hydrogen (secondary N) is 1. The molecule has 0 amide bonds. The van der Waals surface area contributed by atoms with Crippen LogP contribution in [0.5, 0.6) is 0 Å². The first kappa shape index (κ1) is 12.0. The maximum atomic E-state index is 6.41. The molecule has 0 radical (unpaired) electrons. The smallest absolute Gasteiger partial charge is 0.106 e. The average Bonchev–Trinajstić information content (AvgIpc) is 2.69. The number of thiazole rings is 1. The molecule has 0 spiro atoms. The van der Waals surface area contributed by atoms with E-state index in [0.717, 1.165) is 36.9 Å². The number of aromatic nitrogens is 1. The molecule has 16 heavy (non-hydrogen) atoms. The Bertz CT molecular complexity index is 312. The molecule has 2 unspecified atom stereocenters. The minimum absolute atomic E-state index is 0.00886. The minimum Gasteiger partial charge on any atom is -0.324 e. The lowest BCUT2D eigenvalue weighted by Gasteiger charge is -2.37.